The Kier molecular flexibility index (Phi) is 19.3. The highest BCUT2D eigenvalue weighted by atomic mass is 35.5. The highest BCUT2D eigenvalue weighted by molar-refractivity contribution is 8.13. The molecule has 3 radical (unpaired) electrons. The average Bonchev–Trinajstić information content (AvgIpc) is 2.69. The van der Waals surface area contributed by atoms with Crippen LogP contribution in [0.3, 0.4) is 0 Å². The first-order valence-electron chi connectivity index (χ1n) is 8.58. The minimum Gasteiger partial charge on any atom is -0.379 e. The van der Waals surface area contributed by atoms with Crippen LogP contribution >= 0.6 is 35.1 Å². The summed E-state index contributed by atoms with van der Waals surface area (Å²) in [5.74, 6) is 2.53. The minimum absolute atomic E-state index is 0. The van der Waals surface area contributed by atoms with Gasteiger partial charge in [-0.15, -0.1) is 11.6 Å². The van der Waals surface area contributed by atoms with E-state index < -0.39 is 23.7 Å². The predicted molar refractivity (Wildman–Crippen MR) is 132 cm³/mol. The summed E-state index contributed by atoms with van der Waals surface area (Å²) in [4.78, 5) is 6.66. The van der Waals surface area contributed by atoms with Crippen LogP contribution in [0.25, 0.3) is 0 Å². The lowest BCUT2D eigenvalue weighted by Crippen LogP contribution is -2.08. The number of thioether (sulfide) groups is 2. The van der Waals surface area contributed by atoms with Crippen LogP contribution in [0.1, 0.15) is 43.8 Å². The maximum absolute atomic E-state index is 12.2. The average molecular weight is 548 g/mol. The van der Waals surface area contributed by atoms with Gasteiger partial charge in [-0.05, 0) is 35.4 Å². The maximum atomic E-state index is 12.2. The molecule has 0 atom stereocenters. The first kappa shape index (κ1) is 37.0. The Morgan fingerprint density at radius 1 is 0.882 bits per heavy atom. The van der Waals surface area contributed by atoms with Gasteiger partial charge in [0.2, 0.25) is 0 Å². The summed E-state index contributed by atoms with van der Waals surface area (Å²) in [5.41, 5.74) is 4.72. The lowest BCUT2D eigenvalue weighted by molar-refractivity contribution is -0.142. The van der Waals surface area contributed by atoms with E-state index in [1.165, 1.54) is 18.3 Å². The zero-order chi connectivity index (χ0) is 23.5. The third-order valence-electron chi connectivity index (χ3n) is 3.32. The number of aromatic nitrogens is 2. The van der Waals surface area contributed by atoms with Crippen molar-refractivity contribution in [3.63, 3.8) is 0 Å². The summed E-state index contributed by atoms with van der Waals surface area (Å²) >= 11 is 8.18. The fraction of sp³-hybridized carbons (Fsp3) is 0.450. The van der Waals surface area contributed by atoms with Crippen molar-refractivity contribution in [3.8, 4) is 0 Å². The Labute approximate surface area is 211 Å². The molecule has 0 saturated carbocycles. The van der Waals surface area contributed by atoms with E-state index in [2.05, 4.69) is 9.97 Å². The first-order chi connectivity index (χ1) is 14.4. The van der Waals surface area contributed by atoms with Gasteiger partial charge in [-0.3, -0.25) is 15.4 Å². The van der Waals surface area contributed by atoms with Gasteiger partial charge in [0, 0.05) is 38.2 Å². The molecular weight excluding hydrogens is 521 g/mol. The van der Waals surface area contributed by atoms with Gasteiger partial charge in [-0.1, -0.05) is 38.7 Å². The molecule has 2 rings (SSSR count). The number of rotatable bonds is 7. The van der Waals surface area contributed by atoms with Gasteiger partial charge in [0.05, 0.1) is 0 Å². The van der Waals surface area contributed by atoms with Crippen LogP contribution in [0.4, 0.5) is 26.3 Å². The Bertz CT molecular complexity index is 807. The van der Waals surface area contributed by atoms with Gasteiger partial charge in [-0.2, -0.15) is 38.1 Å². The SMILES string of the molecule is C.C.FC(F)(F)c1ccc(CSCCCCl)cn1.N=C(N)SCc1ccc(C(F)(F)F)nc1.[B]. The molecule has 0 unspecified atom stereocenters. The van der Waals surface area contributed by atoms with E-state index in [0.29, 0.717) is 22.9 Å². The molecule has 0 aromatic carbocycles. The molecule has 0 fully saturated rings. The normalized spacial score (nSPS) is 10.6. The van der Waals surface area contributed by atoms with E-state index in [0.717, 1.165) is 47.8 Å². The van der Waals surface area contributed by atoms with E-state index >= 15 is 0 Å². The highest BCUT2D eigenvalue weighted by Gasteiger charge is 2.32. The van der Waals surface area contributed by atoms with E-state index in [1.807, 2.05) is 0 Å². The molecule has 0 aliphatic rings. The van der Waals surface area contributed by atoms with Crippen LogP contribution in [0.5, 0.6) is 0 Å². The molecule has 0 aliphatic heterocycles. The van der Waals surface area contributed by atoms with Crippen molar-refractivity contribution in [2.45, 2.75) is 45.1 Å². The van der Waals surface area contributed by atoms with Crippen LogP contribution in [-0.2, 0) is 23.9 Å². The summed E-state index contributed by atoms with van der Waals surface area (Å²) in [6, 6.07) is 4.71. The van der Waals surface area contributed by atoms with Gasteiger partial charge in [0.15, 0.2) is 5.17 Å². The summed E-state index contributed by atoms with van der Waals surface area (Å²) in [6.45, 7) is 0. The van der Waals surface area contributed by atoms with E-state index in [4.69, 9.17) is 22.7 Å². The topological polar surface area (TPSA) is 75.7 Å². The number of hydrogen-bond acceptors (Lipinski definition) is 5. The van der Waals surface area contributed by atoms with Crippen LogP contribution in [0.2, 0.25) is 0 Å². The number of nitrogens with one attached hydrogen (secondary N) is 1. The summed E-state index contributed by atoms with van der Waals surface area (Å²) in [6.07, 6.45) is -5.45. The van der Waals surface area contributed by atoms with Crippen molar-refractivity contribution in [2.75, 3.05) is 11.6 Å². The van der Waals surface area contributed by atoms with E-state index in [1.54, 1.807) is 11.8 Å². The predicted octanol–water partition coefficient (Wildman–Crippen LogP) is 7.08. The largest absolute Gasteiger partial charge is 0.433 e. The fourth-order valence-electron chi connectivity index (χ4n) is 1.86. The lowest BCUT2D eigenvalue weighted by Gasteiger charge is -2.06. The Morgan fingerprint density at radius 3 is 1.65 bits per heavy atom. The van der Waals surface area contributed by atoms with Crippen molar-refractivity contribution >= 4 is 48.7 Å². The summed E-state index contributed by atoms with van der Waals surface area (Å²) in [7, 11) is 0. The monoisotopic (exact) mass is 547 g/mol. The number of amidine groups is 1. The third kappa shape index (κ3) is 15.3. The summed E-state index contributed by atoms with van der Waals surface area (Å²) < 4.78 is 72.9. The maximum Gasteiger partial charge on any atom is 0.433 e. The van der Waals surface area contributed by atoms with Crippen LogP contribution in [0, 0.1) is 5.41 Å². The number of halogens is 7. The zero-order valence-corrected chi connectivity index (χ0v) is 18.9. The molecule has 0 spiro atoms. The van der Waals surface area contributed by atoms with Crippen molar-refractivity contribution in [2.24, 2.45) is 5.73 Å². The zero-order valence-electron chi connectivity index (χ0n) is 16.5. The standard InChI is InChI=1S/C10H11ClF3NS.C8H8F3N3S.2CH4.B/c11-4-1-5-16-7-8-2-3-9(15-6-8)10(12,13)14;9-8(10,11)6-2-1-5(3-14-6)4-15-7(12)13;;;/h2-3,6H,1,4-5,7H2;1-3H,4H2,(H3,12,13);2*1H4;. The molecule has 191 valence electrons. The van der Waals surface area contributed by atoms with Crippen molar-refractivity contribution < 1.29 is 26.3 Å². The quantitative estimate of drug-likeness (QED) is 0.0967. The van der Waals surface area contributed by atoms with Crippen molar-refractivity contribution in [1.29, 1.82) is 5.41 Å². The van der Waals surface area contributed by atoms with Gasteiger partial charge in [-0.25, -0.2) is 0 Å². The molecule has 4 nitrogen and oxygen atoms in total. The molecule has 34 heavy (non-hydrogen) atoms. The van der Waals surface area contributed by atoms with Crippen LogP contribution < -0.4 is 5.73 Å². The van der Waals surface area contributed by atoms with E-state index in [9.17, 15) is 26.3 Å². The fourth-order valence-corrected chi connectivity index (χ4v) is 3.55. The molecular formula is C20H27BClF6N4S2. The van der Waals surface area contributed by atoms with Gasteiger partial charge in [0.25, 0.3) is 0 Å². The molecule has 0 aliphatic carbocycles. The molecule has 2 aromatic rings. The van der Waals surface area contributed by atoms with E-state index in [-0.39, 0.29) is 28.4 Å². The lowest BCUT2D eigenvalue weighted by atomic mass is 10.3. The Morgan fingerprint density at radius 2 is 1.32 bits per heavy atom. The second-order valence-corrected chi connectivity index (χ2v) is 8.35. The number of hydrogen-bond donors (Lipinski definition) is 2. The second kappa shape index (κ2) is 17.8. The molecule has 2 aromatic heterocycles. The minimum atomic E-state index is -4.41. The van der Waals surface area contributed by atoms with Gasteiger partial charge in [0.1, 0.15) is 11.4 Å². The first-order valence-corrected chi connectivity index (χ1v) is 11.3. The molecule has 0 saturated heterocycles. The van der Waals surface area contributed by atoms with Crippen molar-refractivity contribution in [3.05, 3.63) is 59.2 Å². The van der Waals surface area contributed by atoms with Crippen LogP contribution in [-0.4, -0.2) is 35.2 Å². The smallest absolute Gasteiger partial charge is 0.379 e. The molecule has 14 heteroatoms. The van der Waals surface area contributed by atoms with Crippen molar-refractivity contribution in [1.82, 2.24) is 9.97 Å². The third-order valence-corrected chi connectivity index (χ3v) is 5.49. The molecule has 3 N–H and O–H groups in total. The number of alkyl halides is 7. The highest BCUT2D eigenvalue weighted by Crippen LogP contribution is 2.28. The molecule has 2 heterocycles. The second-order valence-electron chi connectivity index (χ2n) is 5.85. The Balaban J connectivity index is -0.000000520. The molecule has 0 amide bonds. The van der Waals surface area contributed by atoms with Crippen LogP contribution in [0.15, 0.2) is 36.7 Å². The van der Waals surface area contributed by atoms with Gasteiger partial charge >= 0.3 is 12.4 Å². The van der Waals surface area contributed by atoms with Gasteiger partial charge < -0.3 is 5.73 Å². The number of nitrogens with zero attached hydrogens (tertiary/aromatic N) is 2. The number of nitrogens with two attached hydrogens (primary N) is 1. The Hall–Kier alpha value is -1.60. The molecule has 0 bridgehead atoms. The number of pyridine rings is 2. The summed E-state index contributed by atoms with van der Waals surface area (Å²) in [5, 5.41) is 6.85.